The lowest BCUT2D eigenvalue weighted by Gasteiger charge is -2.34. The topological polar surface area (TPSA) is 123 Å². The van der Waals surface area contributed by atoms with Gasteiger partial charge >= 0.3 is 0 Å². The SMILES string of the molecule is COc1cnc(C(=O)Nc2ccc(F)c([C@@]3(CF)N=C(N)S[C@@]4(CO)C[C@H]43)c2)c(C)n1. The lowest BCUT2D eigenvalue weighted by atomic mass is 9.84. The van der Waals surface area contributed by atoms with Crippen LogP contribution in [0.1, 0.15) is 28.2 Å². The van der Waals surface area contributed by atoms with Gasteiger partial charge in [-0.15, -0.1) is 0 Å². The number of fused-ring (bicyclic) bond motifs is 1. The number of hydrogen-bond donors (Lipinski definition) is 3. The van der Waals surface area contributed by atoms with Gasteiger partial charge in [0.1, 0.15) is 23.7 Å². The molecule has 1 saturated carbocycles. The maximum atomic E-state index is 14.8. The van der Waals surface area contributed by atoms with Crippen LogP contribution in [-0.4, -0.2) is 51.3 Å². The van der Waals surface area contributed by atoms with Gasteiger partial charge in [-0.05, 0) is 31.5 Å². The van der Waals surface area contributed by atoms with Crippen molar-refractivity contribution in [2.24, 2.45) is 16.6 Å². The van der Waals surface area contributed by atoms with E-state index in [1.54, 1.807) is 6.92 Å². The maximum Gasteiger partial charge on any atom is 0.276 e. The first-order chi connectivity index (χ1) is 14.8. The van der Waals surface area contributed by atoms with Crippen molar-refractivity contribution in [2.45, 2.75) is 23.6 Å². The van der Waals surface area contributed by atoms with Crippen LogP contribution in [0.5, 0.6) is 5.88 Å². The van der Waals surface area contributed by atoms with Gasteiger partial charge in [-0.3, -0.25) is 4.79 Å². The molecule has 2 aromatic rings. The highest BCUT2D eigenvalue weighted by Crippen LogP contribution is 2.65. The fourth-order valence-electron chi connectivity index (χ4n) is 4.07. The first-order valence-electron chi connectivity index (χ1n) is 9.49. The number of amides is 1. The van der Waals surface area contributed by atoms with Crippen molar-refractivity contribution in [3.63, 3.8) is 0 Å². The molecule has 2 aliphatic rings. The Morgan fingerprint density at radius 1 is 1.48 bits per heavy atom. The van der Waals surface area contributed by atoms with Gasteiger partial charge in [0, 0.05) is 17.2 Å². The van der Waals surface area contributed by atoms with Crippen LogP contribution >= 0.6 is 11.8 Å². The molecule has 8 nitrogen and oxygen atoms in total. The normalized spacial score (nSPS) is 26.6. The zero-order valence-electron chi connectivity index (χ0n) is 16.9. The number of alkyl halides is 1. The van der Waals surface area contributed by atoms with E-state index in [9.17, 15) is 18.7 Å². The highest BCUT2D eigenvalue weighted by molar-refractivity contribution is 8.15. The van der Waals surface area contributed by atoms with Crippen molar-refractivity contribution in [1.82, 2.24) is 9.97 Å². The van der Waals surface area contributed by atoms with Gasteiger partial charge in [-0.2, -0.15) is 0 Å². The third kappa shape index (κ3) is 3.51. The summed E-state index contributed by atoms with van der Waals surface area (Å²) in [5, 5.41) is 12.5. The first-order valence-corrected chi connectivity index (χ1v) is 10.3. The van der Waals surface area contributed by atoms with E-state index in [-0.39, 0.29) is 34.6 Å². The molecule has 0 radical (unpaired) electrons. The van der Waals surface area contributed by atoms with Crippen LogP contribution in [0, 0.1) is 18.7 Å². The van der Waals surface area contributed by atoms with Crippen molar-refractivity contribution in [1.29, 1.82) is 0 Å². The first kappa shape index (κ1) is 21.4. The summed E-state index contributed by atoms with van der Waals surface area (Å²) in [4.78, 5) is 25.1. The molecule has 4 N–H and O–H groups in total. The van der Waals surface area contributed by atoms with Crippen molar-refractivity contribution in [3.8, 4) is 5.88 Å². The zero-order chi connectivity index (χ0) is 22.4. The third-order valence-corrected chi connectivity index (χ3v) is 7.02. The second-order valence-electron chi connectivity index (χ2n) is 7.58. The number of nitrogens with two attached hydrogens (primary N) is 1. The smallest absolute Gasteiger partial charge is 0.276 e. The highest BCUT2D eigenvalue weighted by atomic mass is 32.2. The quantitative estimate of drug-likeness (QED) is 0.618. The Bertz CT molecular complexity index is 1080. The largest absolute Gasteiger partial charge is 0.480 e. The number of ether oxygens (including phenoxy) is 1. The van der Waals surface area contributed by atoms with Gasteiger partial charge in [0.2, 0.25) is 5.88 Å². The Hall–Kier alpha value is -2.79. The number of aromatic nitrogens is 2. The number of anilines is 1. The molecule has 1 aromatic carbocycles. The minimum Gasteiger partial charge on any atom is -0.480 e. The van der Waals surface area contributed by atoms with Gasteiger partial charge in [-0.25, -0.2) is 23.7 Å². The van der Waals surface area contributed by atoms with Crippen LogP contribution in [-0.2, 0) is 5.54 Å². The molecule has 0 saturated heterocycles. The summed E-state index contributed by atoms with van der Waals surface area (Å²) in [6.45, 7) is 0.406. The Morgan fingerprint density at radius 2 is 2.26 bits per heavy atom. The molecule has 1 aliphatic heterocycles. The highest BCUT2D eigenvalue weighted by Gasteiger charge is 2.68. The molecule has 1 aliphatic carbocycles. The Labute approximate surface area is 181 Å². The minimum absolute atomic E-state index is 0.0195. The molecule has 11 heteroatoms. The van der Waals surface area contributed by atoms with E-state index in [4.69, 9.17) is 10.5 Å². The van der Waals surface area contributed by atoms with Crippen LogP contribution in [0.15, 0.2) is 29.4 Å². The van der Waals surface area contributed by atoms with E-state index < -0.39 is 34.6 Å². The summed E-state index contributed by atoms with van der Waals surface area (Å²) < 4.78 is 33.6. The van der Waals surface area contributed by atoms with E-state index in [1.807, 2.05) is 0 Å². The van der Waals surface area contributed by atoms with Gasteiger partial charge < -0.3 is 20.9 Å². The van der Waals surface area contributed by atoms with Crippen molar-refractivity contribution in [3.05, 3.63) is 47.2 Å². The summed E-state index contributed by atoms with van der Waals surface area (Å²) in [5.74, 6) is -1.37. The molecule has 2 heterocycles. The minimum atomic E-state index is -1.56. The fraction of sp³-hybridized carbons (Fsp3) is 0.400. The number of aryl methyl sites for hydroxylation is 1. The predicted molar refractivity (Wildman–Crippen MR) is 112 cm³/mol. The van der Waals surface area contributed by atoms with Gasteiger partial charge in [0.25, 0.3) is 5.91 Å². The number of nitrogens with zero attached hydrogens (tertiary/aromatic N) is 3. The number of halogens is 2. The summed E-state index contributed by atoms with van der Waals surface area (Å²) >= 11 is 1.19. The molecule has 1 fully saturated rings. The molecule has 1 aromatic heterocycles. The second-order valence-corrected chi connectivity index (χ2v) is 9.02. The number of nitrogens with one attached hydrogen (secondary N) is 1. The predicted octanol–water partition coefficient (Wildman–Crippen LogP) is 2.16. The Morgan fingerprint density at radius 3 is 2.90 bits per heavy atom. The fourth-order valence-corrected chi connectivity index (χ4v) is 5.34. The number of thioether (sulfide) groups is 1. The lowest BCUT2D eigenvalue weighted by Crippen LogP contribution is -2.41. The Balaban J connectivity index is 1.68. The standard InChI is InChI=1S/C20H21F2N5O3S/c1-10-16(24-7-15(25-10)30-2)17(29)26-11-3-4-13(22)12(5-11)20(8-21)14-6-19(14,9-28)31-18(23)27-20/h3-5,7,14,28H,6,8-9H2,1-2H3,(H2,23,27)(H,26,29)/t14-,19-,20-/m1/s1. The molecule has 0 spiro atoms. The number of benzene rings is 1. The third-order valence-electron chi connectivity index (χ3n) is 5.73. The summed E-state index contributed by atoms with van der Waals surface area (Å²) in [5.41, 5.74) is 5.00. The summed E-state index contributed by atoms with van der Waals surface area (Å²) in [7, 11) is 1.44. The van der Waals surface area contributed by atoms with Crippen LogP contribution in [0.2, 0.25) is 0 Å². The van der Waals surface area contributed by atoms with Gasteiger partial charge in [0.15, 0.2) is 5.17 Å². The van der Waals surface area contributed by atoms with Gasteiger partial charge in [0.05, 0.1) is 30.4 Å². The van der Waals surface area contributed by atoms with Crippen LogP contribution in [0.25, 0.3) is 0 Å². The maximum absolute atomic E-state index is 14.8. The molecule has 3 atom stereocenters. The molecule has 4 rings (SSSR count). The van der Waals surface area contributed by atoms with E-state index in [0.717, 1.165) is 6.07 Å². The molecule has 1 amide bonds. The Kier molecular flexibility index (Phi) is 5.34. The molecular weight excluding hydrogens is 428 g/mol. The number of carbonyl (C=O) groups is 1. The summed E-state index contributed by atoms with van der Waals surface area (Å²) in [6.07, 6.45) is 1.77. The number of rotatable bonds is 6. The molecular formula is C20H21F2N5O3S. The number of aliphatic hydroxyl groups is 1. The summed E-state index contributed by atoms with van der Waals surface area (Å²) in [6, 6.07) is 3.86. The number of hydrogen-bond acceptors (Lipinski definition) is 8. The zero-order valence-corrected chi connectivity index (χ0v) is 17.7. The molecule has 0 bridgehead atoms. The van der Waals surface area contributed by atoms with Crippen molar-refractivity contribution >= 4 is 28.5 Å². The number of carbonyl (C=O) groups excluding carboxylic acids is 1. The number of aliphatic hydroxyl groups excluding tert-OH is 1. The van der Waals surface area contributed by atoms with Crippen LogP contribution in [0.3, 0.4) is 0 Å². The number of aliphatic imine (C=N–C) groups is 1. The molecule has 31 heavy (non-hydrogen) atoms. The van der Waals surface area contributed by atoms with E-state index in [2.05, 4.69) is 20.3 Å². The second kappa shape index (κ2) is 7.72. The van der Waals surface area contributed by atoms with Crippen molar-refractivity contribution < 1.29 is 23.4 Å². The lowest BCUT2D eigenvalue weighted by molar-refractivity contribution is 0.102. The van der Waals surface area contributed by atoms with Crippen LogP contribution < -0.4 is 15.8 Å². The average Bonchev–Trinajstić information content (AvgIpc) is 3.49. The van der Waals surface area contributed by atoms with E-state index in [0.29, 0.717) is 12.1 Å². The van der Waals surface area contributed by atoms with Crippen molar-refractivity contribution in [2.75, 3.05) is 25.7 Å². The molecule has 164 valence electrons. The van der Waals surface area contributed by atoms with E-state index in [1.165, 1.54) is 37.2 Å². The number of amidine groups is 1. The number of methoxy groups -OCH3 is 1. The van der Waals surface area contributed by atoms with Crippen LogP contribution in [0.4, 0.5) is 14.5 Å². The molecule has 0 unspecified atom stereocenters. The average molecular weight is 449 g/mol. The monoisotopic (exact) mass is 449 g/mol. The van der Waals surface area contributed by atoms with Gasteiger partial charge in [-0.1, -0.05) is 11.8 Å². The van der Waals surface area contributed by atoms with E-state index >= 15 is 0 Å².